The van der Waals surface area contributed by atoms with Crippen LogP contribution < -0.4 is 15.5 Å². The lowest BCUT2D eigenvalue weighted by Gasteiger charge is -2.34. The number of rotatable bonds is 5. The third-order valence-electron chi connectivity index (χ3n) is 4.48. The Morgan fingerprint density at radius 2 is 2.00 bits per heavy atom. The zero-order valence-electron chi connectivity index (χ0n) is 15.4. The van der Waals surface area contributed by atoms with Gasteiger partial charge in [0.05, 0.1) is 5.01 Å². The van der Waals surface area contributed by atoms with Gasteiger partial charge in [-0.25, -0.2) is 4.98 Å². The number of guanidine groups is 1. The molecular formula is C19H28IN5S. The zero-order valence-corrected chi connectivity index (χ0v) is 18.6. The summed E-state index contributed by atoms with van der Waals surface area (Å²) in [6, 6.07) is 11.1. The first-order chi connectivity index (χ1) is 12.2. The minimum Gasteiger partial charge on any atom is -0.371 e. The fourth-order valence-corrected chi connectivity index (χ4v) is 3.90. The highest BCUT2D eigenvalue weighted by Gasteiger charge is 2.20. The summed E-state index contributed by atoms with van der Waals surface area (Å²) < 4.78 is 0. The Labute approximate surface area is 177 Å². The van der Waals surface area contributed by atoms with Crippen molar-refractivity contribution in [2.24, 2.45) is 4.99 Å². The van der Waals surface area contributed by atoms with Crippen molar-refractivity contribution in [2.75, 3.05) is 31.6 Å². The number of aromatic nitrogens is 1. The molecule has 0 atom stereocenters. The highest BCUT2D eigenvalue weighted by molar-refractivity contribution is 14.0. The molecule has 1 aliphatic rings. The second-order valence-corrected chi connectivity index (χ2v) is 7.67. The average molecular weight is 485 g/mol. The lowest BCUT2D eigenvalue weighted by molar-refractivity contribution is 0.461. The molecule has 7 heteroatoms. The van der Waals surface area contributed by atoms with E-state index in [1.807, 2.05) is 13.2 Å². The summed E-state index contributed by atoms with van der Waals surface area (Å²) in [4.78, 5) is 12.5. The average Bonchev–Trinajstić information content (AvgIpc) is 3.07. The Morgan fingerprint density at radius 1 is 1.27 bits per heavy atom. The van der Waals surface area contributed by atoms with E-state index in [0.717, 1.165) is 44.9 Å². The fraction of sp³-hybridized carbons (Fsp3) is 0.474. The Hall–Kier alpha value is -1.35. The van der Waals surface area contributed by atoms with Gasteiger partial charge in [0.2, 0.25) is 0 Å². The lowest BCUT2D eigenvalue weighted by atomic mass is 10.0. The van der Waals surface area contributed by atoms with Gasteiger partial charge in [-0.15, -0.1) is 35.3 Å². The number of benzene rings is 1. The van der Waals surface area contributed by atoms with Crippen molar-refractivity contribution in [3.63, 3.8) is 0 Å². The van der Waals surface area contributed by atoms with Crippen molar-refractivity contribution < 1.29 is 0 Å². The lowest BCUT2D eigenvalue weighted by Crippen LogP contribution is -2.49. The number of nitrogens with one attached hydrogen (secondary N) is 2. The predicted molar refractivity (Wildman–Crippen MR) is 122 cm³/mol. The van der Waals surface area contributed by atoms with Gasteiger partial charge in [0.1, 0.15) is 0 Å². The largest absolute Gasteiger partial charge is 0.371 e. The molecule has 0 radical (unpaired) electrons. The molecule has 1 aliphatic heterocycles. The second-order valence-electron chi connectivity index (χ2n) is 6.35. The quantitative estimate of drug-likeness (QED) is 0.387. The standard InChI is InChI=1S/C19H27N5S.HI/c1-15-14-22-18(25-15)8-11-21-19(20-2)23-16-9-12-24(13-10-16)17-6-4-3-5-7-17;/h3-7,14,16H,8-13H2,1-2H3,(H2,20,21,23);1H. The Morgan fingerprint density at radius 3 is 2.62 bits per heavy atom. The summed E-state index contributed by atoms with van der Waals surface area (Å²) in [5, 5.41) is 8.15. The maximum absolute atomic E-state index is 4.40. The minimum atomic E-state index is 0. The van der Waals surface area contributed by atoms with Crippen molar-refractivity contribution in [3.8, 4) is 0 Å². The summed E-state index contributed by atoms with van der Waals surface area (Å²) >= 11 is 1.76. The van der Waals surface area contributed by atoms with Crippen molar-refractivity contribution in [1.29, 1.82) is 0 Å². The van der Waals surface area contributed by atoms with Crippen LogP contribution in [-0.2, 0) is 6.42 Å². The first kappa shape index (κ1) is 21.0. The minimum absolute atomic E-state index is 0. The molecule has 0 bridgehead atoms. The van der Waals surface area contributed by atoms with Gasteiger partial charge < -0.3 is 15.5 Å². The summed E-state index contributed by atoms with van der Waals surface area (Å²) in [6.07, 6.45) is 5.13. The molecule has 2 N–H and O–H groups in total. The van der Waals surface area contributed by atoms with E-state index in [2.05, 4.69) is 62.8 Å². The number of para-hydroxylation sites is 1. The molecule has 26 heavy (non-hydrogen) atoms. The van der Waals surface area contributed by atoms with E-state index < -0.39 is 0 Å². The third-order valence-corrected chi connectivity index (χ3v) is 5.45. The van der Waals surface area contributed by atoms with E-state index in [1.54, 1.807) is 11.3 Å². The predicted octanol–water partition coefficient (Wildman–Crippen LogP) is 3.45. The van der Waals surface area contributed by atoms with Gasteiger partial charge in [-0.2, -0.15) is 0 Å². The van der Waals surface area contributed by atoms with Crippen LogP contribution in [0.2, 0.25) is 0 Å². The number of thiazole rings is 1. The monoisotopic (exact) mass is 485 g/mol. The number of aryl methyl sites for hydroxylation is 1. The Kier molecular flexibility index (Phi) is 8.64. The number of anilines is 1. The van der Waals surface area contributed by atoms with Crippen molar-refractivity contribution in [3.05, 3.63) is 46.4 Å². The van der Waals surface area contributed by atoms with Gasteiger partial charge in [0.15, 0.2) is 5.96 Å². The number of hydrogen-bond donors (Lipinski definition) is 2. The molecule has 0 aliphatic carbocycles. The van der Waals surface area contributed by atoms with Crippen LogP contribution in [0.3, 0.4) is 0 Å². The topological polar surface area (TPSA) is 52.6 Å². The molecule has 142 valence electrons. The molecule has 1 aromatic carbocycles. The molecule has 2 heterocycles. The van der Waals surface area contributed by atoms with Crippen molar-refractivity contribution >= 4 is 47.0 Å². The first-order valence-corrected chi connectivity index (χ1v) is 9.75. The van der Waals surface area contributed by atoms with Crippen LogP contribution in [0.4, 0.5) is 5.69 Å². The molecule has 0 amide bonds. The number of aliphatic imine (C=N–C) groups is 1. The van der Waals surface area contributed by atoms with E-state index in [1.165, 1.54) is 15.6 Å². The fourth-order valence-electron chi connectivity index (χ4n) is 3.11. The molecule has 3 rings (SSSR count). The normalized spacial score (nSPS) is 15.5. The van der Waals surface area contributed by atoms with Crippen LogP contribution in [0.5, 0.6) is 0 Å². The third kappa shape index (κ3) is 6.12. The number of halogens is 1. The Balaban J connectivity index is 0.00000243. The zero-order chi connectivity index (χ0) is 17.5. The first-order valence-electron chi connectivity index (χ1n) is 8.93. The van der Waals surface area contributed by atoms with Crippen LogP contribution >= 0.6 is 35.3 Å². The van der Waals surface area contributed by atoms with Gasteiger partial charge in [-0.1, -0.05) is 18.2 Å². The van der Waals surface area contributed by atoms with E-state index in [4.69, 9.17) is 0 Å². The highest BCUT2D eigenvalue weighted by Crippen LogP contribution is 2.19. The van der Waals surface area contributed by atoms with E-state index in [0.29, 0.717) is 6.04 Å². The van der Waals surface area contributed by atoms with Crippen LogP contribution in [0.25, 0.3) is 0 Å². The van der Waals surface area contributed by atoms with Gasteiger partial charge in [0, 0.05) is 55.9 Å². The van der Waals surface area contributed by atoms with E-state index in [-0.39, 0.29) is 24.0 Å². The van der Waals surface area contributed by atoms with Crippen LogP contribution in [0, 0.1) is 6.92 Å². The number of piperidine rings is 1. The van der Waals surface area contributed by atoms with Crippen molar-refractivity contribution in [2.45, 2.75) is 32.2 Å². The van der Waals surface area contributed by atoms with Gasteiger partial charge in [0.25, 0.3) is 0 Å². The van der Waals surface area contributed by atoms with Gasteiger partial charge in [-0.05, 0) is 31.9 Å². The molecule has 1 fully saturated rings. The molecule has 1 aromatic heterocycles. The summed E-state index contributed by atoms with van der Waals surface area (Å²) in [5.74, 6) is 0.895. The molecule has 0 spiro atoms. The van der Waals surface area contributed by atoms with Gasteiger partial charge >= 0.3 is 0 Å². The van der Waals surface area contributed by atoms with Crippen LogP contribution in [0.15, 0.2) is 41.5 Å². The van der Waals surface area contributed by atoms with Crippen LogP contribution in [0.1, 0.15) is 22.7 Å². The number of nitrogens with zero attached hydrogens (tertiary/aromatic N) is 3. The van der Waals surface area contributed by atoms with Crippen LogP contribution in [-0.4, -0.2) is 43.7 Å². The Bertz CT molecular complexity index is 680. The smallest absolute Gasteiger partial charge is 0.191 e. The molecule has 1 saturated heterocycles. The molecular weight excluding hydrogens is 457 g/mol. The highest BCUT2D eigenvalue weighted by atomic mass is 127. The summed E-state index contributed by atoms with van der Waals surface area (Å²) in [6.45, 7) is 5.11. The number of hydrogen-bond acceptors (Lipinski definition) is 4. The molecule has 5 nitrogen and oxygen atoms in total. The SMILES string of the molecule is CN=C(NCCc1ncc(C)s1)NC1CCN(c2ccccc2)CC1.I. The summed E-state index contributed by atoms with van der Waals surface area (Å²) in [7, 11) is 1.84. The van der Waals surface area contributed by atoms with Crippen molar-refractivity contribution in [1.82, 2.24) is 15.6 Å². The van der Waals surface area contributed by atoms with E-state index >= 15 is 0 Å². The maximum Gasteiger partial charge on any atom is 0.191 e. The maximum atomic E-state index is 4.40. The molecule has 0 unspecified atom stereocenters. The molecule has 2 aromatic rings. The molecule has 0 saturated carbocycles. The van der Waals surface area contributed by atoms with E-state index in [9.17, 15) is 0 Å². The second kappa shape index (κ2) is 10.7. The van der Waals surface area contributed by atoms with Gasteiger partial charge in [-0.3, -0.25) is 4.99 Å². The summed E-state index contributed by atoms with van der Waals surface area (Å²) in [5.41, 5.74) is 1.32.